The fourth-order valence-corrected chi connectivity index (χ4v) is 9.98. The summed E-state index contributed by atoms with van der Waals surface area (Å²) < 4.78 is 35.4. The van der Waals surface area contributed by atoms with E-state index in [0.717, 1.165) is 16.7 Å². The Labute approximate surface area is 271 Å². The molecule has 3 saturated carbocycles. The number of phosphoric acid groups is 1. The van der Waals surface area contributed by atoms with Crippen LogP contribution in [0.25, 0.3) is 0 Å². The maximum atomic E-state index is 14.2. The molecule has 4 fully saturated rings. The van der Waals surface area contributed by atoms with Gasteiger partial charge in [-0.25, -0.2) is 4.57 Å². The number of aliphatic hydroxyl groups is 2. The van der Waals surface area contributed by atoms with E-state index >= 15 is 0 Å². The van der Waals surface area contributed by atoms with Gasteiger partial charge in [0.1, 0.15) is 6.61 Å². The van der Waals surface area contributed by atoms with E-state index in [4.69, 9.17) is 24.1 Å². The lowest BCUT2D eigenvalue weighted by molar-refractivity contribution is -0.203. The highest BCUT2D eigenvalue weighted by molar-refractivity contribution is 7.46. The molecule has 1 saturated heterocycles. The number of rotatable bonds is 8. The van der Waals surface area contributed by atoms with Gasteiger partial charge in [0.15, 0.2) is 22.9 Å². The topological polar surface area (TPSA) is 199 Å². The van der Waals surface area contributed by atoms with Crippen LogP contribution in [0.2, 0.25) is 0 Å². The van der Waals surface area contributed by atoms with Crippen molar-refractivity contribution in [2.24, 2.45) is 28.6 Å². The maximum absolute atomic E-state index is 14.2. The zero-order chi connectivity index (χ0) is 33.5. The number of ether oxygens (including phenoxy) is 2. The van der Waals surface area contributed by atoms with Crippen molar-refractivity contribution in [3.63, 3.8) is 0 Å². The SMILES string of the molecule is C[C@]12C=CC(=O)C=C1CC[C@@H]1[C@@H]2[C@@H](O)C[C@@]2(C)[C@H]1C[C@H]1O[C@@H](c3cc(Cc4ccc(CO)c(N)c4)co3)O[C@]12C(=O)COP(=O)(O)O. The van der Waals surface area contributed by atoms with Crippen molar-refractivity contribution in [1.29, 1.82) is 0 Å². The van der Waals surface area contributed by atoms with Crippen molar-refractivity contribution in [2.45, 2.75) is 76.7 Å². The van der Waals surface area contributed by atoms with E-state index in [9.17, 15) is 34.2 Å². The predicted molar refractivity (Wildman–Crippen MR) is 166 cm³/mol. The monoisotopic (exact) mass is 669 g/mol. The number of benzene rings is 1. The molecule has 6 N–H and O–H groups in total. The normalized spacial score (nSPS) is 37.6. The lowest BCUT2D eigenvalue weighted by Crippen LogP contribution is -2.63. The number of phosphoric ester groups is 1. The number of hydrogen-bond acceptors (Lipinski definition) is 10. The molecule has 0 radical (unpaired) electrons. The van der Waals surface area contributed by atoms with Crippen molar-refractivity contribution in [3.8, 4) is 0 Å². The van der Waals surface area contributed by atoms with Crippen LogP contribution < -0.4 is 5.73 Å². The lowest BCUT2D eigenvalue weighted by atomic mass is 9.46. The molecule has 4 aliphatic carbocycles. The second-order valence-electron chi connectivity index (χ2n) is 14.2. The number of furan rings is 1. The first-order chi connectivity index (χ1) is 22.2. The Kier molecular flexibility index (Phi) is 7.85. The zero-order valence-electron chi connectivity index (χ0n) is 26.2. The molecule has 0 bridgehead atoms. The van der Waals surface area contributed by atoms with Crippen LogP contribution in [0.5, 0.6) is 0 Å². The van der Waals surface area contributed by atoms with Crippen LogP contribution >= 0.6 is 7.82 Å². The molecule has 1 aromatic heterocycles. The number of hydrogen-bond donors (Lipinski definition) is 5. The zero-order valence-corrected chi connectivity index (χ0v) is 27.1. The maximum Gasteiger partial charge on any atom is 0.470 e. The van der Waals surface area contributed by atoms with Gasteiger partial charge in [-0.15, -0.1) is 0 Å². The number of ketones is 2. The van der Waals surface area contributed by atoms with Gasteiger partial charge in [-0.2, -0.15) is 0 Å². The molecule has 47 heavy (non-hydrogen) atoms. The molecular formula is C34H40NO11P. The second kappa shape index (κ2) is 11.3. The molecule has 1 aliphatic heterocycles. The smallest absolute Gasteiger partial charge is 0.464 e. The van der Waals surface area contributed by atoms with Gasteiger partial charge >= 0.3 is 7.82 Å². The molecule has 7 rings (SSSR count). The number of anilines is 1. The Balaban J connectivity index is 1.20. The number of fused-ring (bicyclic) bond motifs is 7. The molecule has 5 aliphatic rings. The van der Waals surface area contributed by atoms with E-state index in [2.05, 4.69) is 6.92 Å². The van der Waals surface area contributed by atoms with Gasteiger partial charge in [0.05, 0.1) is 25.1 Å². The van der Waals surface area contributed by atoms with Crippen molar-refractivity contribution in [3.05, 3.63) is 76.8 Å². The Bertz CT molecular complexity index is 1730. The van der Waals surface area contributed by atoms with Gasteiger partial charge in [-0.3, -0.25) is 14.1 Å². The Morgan fingerprint density at radius 1 is 1.19 bits per heavy atom. The number of nitrogens with two attached hydrogens (primary N) is 1. The molecule has 9 atom stereocenters. The first-order valence-corrected chi connectivity index (χ1v) is 17.5. The van der Waals surface area contributed by atoms with Gasteiger partial charge in [0.25, 0.3) is 0 Å². The first kappa shape index (κ1) is 32.6. The Morgan fingerprint density at radius 2 is 1.98 bits per heavy atom. The minimum atomic E-state index is -4.99. The van der Waals surface area contributed by atoms with Crippen molar-refractivity contribution < 1.29 is 52.6 Å². The molecule has 0 amide bonds. The minimum Gasteiger partial charge on any atom is -0.464 e. The number of allylic oxidation sites excluding steroid dienone is 4. The molecule has 2 heterocycles. The highest BCUT2D eigenvalue weighted by Crippen LogP contribution is 2.70. The van der Waals surface area contributed by atoms with Gasteiger partial charge in [-0.1, -0.05) is 37.6 Å². The van der Waals surface area contributed by atoms with E-state index in [1.807, 2.05) is 19.1 Å². The third-order valence-corrected chi connectivity index (χ3v) is 12.2. The summed E-state index contributed by atoms with van der Waals surface area (Å²) in [6.07, 6.45) is 6.41. The summed E-state index contributed by atoms with van der Waals surface area (Å²) >= 11 is 0. The minimum absolute atomic E-state index is 0.0350. The van der Waals surface area contributed by atoms with Gasteiger partial charge in [0, 0.05) is 34.4 Å². The van der Waals surface area contributed by atoms with Crippen LogP contribution in [0.1, 0.15) is 68.3 Å². The molecule has 1 aromatic carbocycles. The number of nitrogen functional groups attached to an aromatic ring is 1. The van der Waals surface area contributed by atoms with Crippen LogP contribution in [-0.2, 0) is 41.2 Å². The summed E-state index contributed by atoms with van der Waals surface area (Å²) in [6, 6.07) is 7.18. The third-order valence-electron chi connectivity index (χ3n) is 11.7. The molecular weight excluding hydrogens is 629 g/mol. The number of Topliss-reactive ketones (excluding diaryl/α,β-unsaturated/α-hetero) is 1. The number of carbonyl (C=O) groups is 2. The van der Waals surface area contributed by atoms with E-state index in [1.54, 1.807) is 36.6 Å². The number of carbonyl (C=O) groups excluding carboxylic acids is 2. The van der Waals surface area contributed by atoms with Crippen LogP contribution in [0.15, 0.2) is 58.7 Å². The van der Waals surface area contributed by atoms with E-state index < -0.39 is 55.1 Å². The van der Waals surface area contributed by atoms with Gasteiger partial charge in [-0.05, 0) is 72.9 Å². The molecule has 252 valence electrons. The van der Waals surface area contributed by atoms with Crippen molar-refractivity contribution >= 4 is 25.1 Å². The number of aliphatic hydroxyl groups excluding tert-OH is 2. The average molecular weight is 670 g/mol. The highest BCUT2D eigenvalue weighted by atomic mass is 31.2. The van der Waals surface area contributed by atoms with E-state index in [0.29, 0.717) is 42.7 Å². The highest BCUT2D eigenvalue weighted by Gasteiger charge is 2.76. The summed E-state index contributed by atoms with van der Waals surface area (Å²) in [4.78, 5) is 45.3. The molecule has 13 heteroatoms. The quantitative estimate of drug-likeness (QED) is 0.202. The molecule has 12 nitrogen and oxygen atoms in total. The van der Waals surface area contributed by atoms with Crippen LogP contribution in [-0.4, -0.2) is 56.0 Å². The van der Waals surface area contributed by atoms with Crippen LogP contribution in [0.3, 0.4) is 0 Å². The summed E-state index contributed by atoms with van der Waals surface area (Å²) in [5, 5.41) is 21.3. The van der Waals surface area contributed by atoms with Gasteiger partial charge in [0.2, 0.25) is 6.29 Å². The molecule has 2 aromatic rings. The first-order valence-electron chi connectivity index (χ1n) is 15.9. The van der Waals surface area contributed by atoms with Crippen molar-refractivity contribution in [1.82, 2.24) is 0 Å². The Morgan fingerprint density at radius 3 is 2.70 bits per heavy atom. The summed E-state index contributed by atoms with van der Waals surface area (Å²) in [6.45, 7) is 2.91. The van der Waals surface area contributed by atoms with Crippen LogP contribution in [0, 0.1) is 28.6 Å². The molecule has 0 spiro atoms. The predicted octanol–water partition coefficient (Wildman–Crippen LogP) is 3.66. The largest absolute Gasteiger partial charge is 0.470 e. The second-order valence-corrected chi connectivity index (χ2v) is 15.4. The van der Waals surface area contributed by atoms with Crippen LogP contribution in [0.4, 0.5) is 5.69 Å². The van der Waals surface area contributed by atoms with Crippen molar-refractivity contribution in [2.75, 3.05) is 12.3 Å². The lowest BCUT2D eigenvalue weighted by Gasteiger charge is -2.59. The van der Waals surface area contributed by atoms with E-state index in [1.165, 1.54) is 0 Å². The fraction of sp³-hybridized carbons (Fsp3) is 0.529. The molecule has 0 unspecified atom stereocenters. The standard InChI is InChI=1S/C34H40NO11P/c1-32-8-7-22(37)12-21(32)5-6-23-24-13-29-34(28(39)17-44-47(40,41)42,33(24,2)14-26(38)30(23)32)46-31(45-29)27-11-19(16-43-27)9-18-3-4-20(15-36)25(35)10-18/h3-4,7-8,10-12,16,23-24,26,29-31,36,38H,5-6,9,13-15,17,35H2,1-2H3,(H2,40,41,42)/t23-,24-,26-,29+,30+,31+,32-,33-,34+/m0/s1. The van der Waals surface area contributed by atoms with Gasteiger partial charge < -0.3 is 39.6 Å². The van der Waals surface area contributed by atoms with E-state index in [-0.39, 0.29) is 36.6 Å². The third kappa shape index (κ3) is 5.12. The summed E-state index contributed by atoms with van der Waals surface area (Å²) in [7, 11) is -4.99. The Hall–Kier alpha value is -2.93. The fourth-order valence-electron chi connectivity index (χ4n) is 9.69. The summed E-state index contributed by atoms with van der Waals surface area (Å²) in [5.41, 5.74) is 6.68. The average Bonchev–Trinajstić information content (AvgIpc) is 3.68. The summed E-state index contributed by atoms with van der Waals surface area (Å²) in [5.74, 6) is -0.776.